The van der Waals surface area contributed by atoms with E-state index in [4.69, 9.17) is 14.2 Å². The van der Waals surface area contributed by atoms with Crippen molar-refractivity contribution in [3.8, 4) is 0 Å². The van der Waals surface area contributed by atoms with Gasteiger partial charge in [-0.2, -0.15) is 0 Å². The Morgan fingerprint density at radius 2 is 0.514 bits per heavy atom. The molecule has 0 saturated carbocycles. The molecule has 0 aromatic carbocycles. The van der Waals surface area contributed by atoms with E-state index in [0.717, 1.165) is 89.9 Å². The highest BCUT2D eigenvalue weighted by molar-refractivity contribution is 5.71. The molecule has 1 unspecified atom stereocenters. The lowest BCUT2D eigenvalue weighted by molar-refractivity contribution is -0.167. The van der Waals surface area contributed by atoms with Gasteiger partial charge in [0, 0.05) is 19.3 Å². The number of rotatable bonds is 56. The Bertz CT molecular complexity index is 1220. The van der Waals surface area contributed by atoms with Crippen LogP contribution in [0.5, 0.6) is 0 Å². The molecular formula is C64H116O6. The van der Waals surface area contributed by atoms with E-state index in [1.54, 1.807) is 0 Å². The van der Waals surface area contributed by atoms with Crippen molar-refractivity contribution in [3.05, 3.63) is 48.6 Å². The van der Waals surface area contributed by atoms with Crippen molar-refractivity contribution < 1.29 is 28.6 Å². The molecule has 408 valence electrons. The molecule has 0 fully saturated rings. The number of hydrogen-bond donors (Lipinski definition) is 0. The molecule has 0 bridgehead atoms. The lowest BCUT2D eigenvalue weighted by atomic mass is 10.0. The Balaban J connectivity index is 4.16. The van der Waals surface area contributed by atoms with Crippen molar-refractivity contribution in [1.82, 2.24) is 0 Å². The van der Waals surface area contributed by atoms with Gasteiger partial charge in [-0.3, -0.25) is 14.4 Å². The third kappa shape index (κ3) is 56.3. The predicted octanol–water partition coefficient (Wildman–Crippen LogP) is 20.6. The predicted molar refractivity (Wildman–Crippen MR) is 302 cm³/mol. The normalized spacial score (nSPS) is 12.3. The molecule has 6 nitrogen and oxygen atoms in total. The van der Waals surface area contributed by atoms with Crippen molar-refractivity contribution in [2.24, 2.45) is 0 Å². The van der Waals surface area contributed by atoms with E-state index < -0.39 is 6.10 Å². The minimum Gasteiger partial charge on any atom is -0.462 e. The highest BCUT2D eigenvalue weighted by Gasteiger charge is 2.19. The van der Waals surface area contributed by atoms with Crippen LogP contribution in [0.4, 0.5) is 0 Å². The zero-order chi connectivity index (χ0) is 50.7. The Hall–Kier alpha value is -2.63. The maximum absolute atomic E-state index is 12.8. The fraction of sp³-hybridized carbons (Fsp3) is 0.828. The molecule has 6 heteroatoms. The first-order valence-corrected chi connectivity index (χ1v) is 30.6. The molecule has 0 spiro atoms. The molecule has 0 heterocycles. The van der Waals surface area contributed by atoms with Gasteiger partial charge in [-0.15, -0.1) is 0 Å². The quantitative estimate of drug-likeness (QED) is 0.0261. The first-order chi connectivity index (χ1) is 34.5. The summed E-state index contributed by atoms with van der Waals surface area (Å²) in [7, 11) is 0. The first kappa shape index (κ1) is 67.4. The van der Waals surface area contributed by atoms with Gasteiger partial charge in [0.05, 0.1) is 0 Å². The topological polar surface area (TPSA) is 78.9 Å². The van der Waals surface area contributed by atoms with Crippen molar-refractivity contribution >= 4 is 17.9 Å². The summed E-state index contributed by atoms with van der Waals surface area (Å²) in [4.78, 5) is 38.1. The monoisotopic (exact) mass is 981 g/mol. The minimum atomic E-state index is -0.777. The van der Waals surface area contributed by atoms with Crippen LogP contribution in [0.2, 0.25) is 0 Å². The van der Waals surface area contributed by atoms with E-state index >= 15 is 0 Å². The van der Waals surface area contributed by atoms with Gasteiger partial charge in [-0.05, 0) is 83.5 Å². The molecule has 70 heavy (non-hydrogen) atoms. The summed E-state index contributed by atoms with van der Waals surface area (Å²) < 4.78 is 16.8. The van der Waals surface area contributed by atoms with Gasteiger partial charge in [0.1, 0.15) is 13.2 Å². The number of esters is 3. The summed E-state index contributed by atoms with van der Waals surface area (Å²) in [5.74, 6) is -0.877. The van der Waals surface area contributed by atoms with Crippen LogP contribution >= 0.6 is 0 Å². The summed E-state index contributed by atoms with van der Waals surface area (Å²) in [5, 5.41) is 0. The fourth-order valence-electron chi connectivity index (χ4n) is 8.92. The molecule has 0 aliphatic heterocycles. The van der Waals surface area contributed by atoms with E-state index in [-0.39, 0.29) is 31.1 Å². The van der Waals surface area contributed by atoms with Crippen LogP contribution in [0.3, 0.4) is 0 Å². The molecule has 0 aromatic rings. The first-order valence-electron chi connectivity index (χ1n) is 30.6. The van der Waals surface area contributed by atoms with E-state index in [2.05, 4.69) is 69.4 Å². The van der Waals surface area contributed by atoms with Gasteiger partial charge < -0.3 is 14.2 Å². The molecule has 1 atom stereocenters. The molecular weight excluding hydrogens is 865 g/mol. The van der Waals surface area contributed by atoms with Crippen molar-refractivity contribution in [2.75, 3.05) is 13.2 Å². The van der Waals surface area contributed by atoms with Crippen molar-refractivity contribution in [3.63, 3.8) is 0 Å². The Morgan fingerprint density at radius 1 is 0.286 bits per heavy atom. The Labute approximate surface area is 435 Å². The lowest BCUT2D eigenvalue weighted by Gasteiger charge is -2.18. The van der Waals surface area contributed by atoms with Crippen LogP contribution in [0, 0.1) is 0 Å². The molecule has 0 N–H and O–H groups in total. The van der Waals surface area contributed by atoms with Crippen molar-refractivity contribution in [1.29, 1.82) is 0 Å². The minimum absolute atomic E-state index is 0.0755. The number of ether oxygens (including phenoxy) is 3. The summed E-state index contributed by atoms with van der Waals surface area (Å²) in [6.07, 6.45) is 72.7. The fourth-order valence-corrected chi connectivity index (χ4v) is 8.92. The Morgan fingerprint density at radius 3 is 0.800 bits per heavy atom. The molecule has 0 saturated heterocycles. The summed E-state index contributed by atoms with van der Waals surface area (Å²) in [6.45, 7) is 6.62. The van der Waals surface area contributed by atoms with Crippen LogP contribution < -0.4 is 0 Å². The van der Waals surface area contributed by atoms with Gasteiger partial charge in [0.2, 0.25) is 0 Å². The molecule has 0 rings (SSSR count). The van der Waals surface area contributed by atoms with Crippen molar-refractivity contribution in [2.45, 2.75) is 329 Å². The zero-order valence-electron chi connectivity index (χ0n) is 46.8. The van der Waals surface area contributed by atoms with E-state index in [1.165, 1.54) is 193 Å². The van der Waals surface area contributed by atoms with Crippen LogP contribution in [0.15, 0.2) is 48.6 Å². The average molecular weight is 982 g/mol. The number of allylic oxidation sites excluding steroid dienone is 8. The number of carbonyl (C=O) groups excluding carboxylic acids is 3. The summed E-state index contributed by atoms with van der Waals surface area (Å²) in [6, 6.07) is 0. The number of unbranched alkanes of at least 4 members (excludes halogenated alkanes) is 37. The second kappa shape index (κ2) is 58.9. The Kier molecular flexibility index (Phi) is 56.7. The number of hydrogen-bond acceptors (Lipinski definition) is 6. The van der Waals surface area contributed by atoms with E-state index in [0.29, 0.717) is 19.3 Å². The zero-order valence-corrected chi connectivity index (χ0v) is 46.8. The maximum atomic E-state index is 12.8. The van der Waals surface area contributed by atoms with Crippen LogP contribution in [-0.2, 0) is 28.6 Å². The van der Waals surface area contributed by atoms with Gasteiger partial charge >= 0.3 is 17.9 Å². The third-order valence-electron chi connectivity index (χ3n) is 13.6. The van der Waals surface area contributed by atoms with E-state index in [1.807, 2.05) is 0 Å². The highest BCUT2D eigenvalue weighted by Crippen LogP contribution is 2.16. The molecule has 0 aliphatic carbocycles. The second-order valence-electron chi connectivity index (χ2n) is 20.6. The SMILES string of the molecule is CCCCCC/C=C\C/C=C\CCCCCCCC(=O)OC(COC(=O)CCCCCCCCCCC)COC(=O)CCCCCCCCCCCCCCCCC/C=C\C/C=C\CCCCCCC. The highest BCUT2D eigenvalue weighted by atomic mass is 16.6. The molecule has 0 aromatic heterocycles. The largest absolute Gasteiger partial charge is 0.462 e. The van der Waals surface area contributed by atoms with Gasteiger partial charge in [0.25, 0.3) is 0 Å². The lowest BCUT2D eigenvalue weighted by Crippen LogP contribution is -2.30. The molecule has 0 radical (unpaired) electrons. The average Bonchev–Trinajstić information content (AvgIpc) is 3.36. The summed E-state index contributed by atoms with van der Waals surface area (Å²) >= 11 is 0. The van der Waals surface area contributed by atoms with Crippen LogP contribution in [0.25, 0.3) is 0 Å². The van der Waals surface area contributed by atoms with Gasteiger partial charge in [-0.25, -0.2) is 0 Å². The van der Waals surface area contributed by atoms with Gasteiger partial charge in [-0.1, -0.05) is 268 Å². The number of carbonyl (C=O) groups is 3. The van der Waals surface area contributed by atoms with E-state index in [9.17, 15) is 14.4 Å². The second-order valence-corrected chi connectivity index (χ2v) is 20.6. The molecule has 0 amide bonds. The standard InChI is InChI=1S/C64H116O6/c1-4-7-10-13-16-19-21-23-25-27-28-29-30-31-32-33-34-35-36-37-39-40-42-45-48-51-54-57-63(66)69-60-61(59-68-62(65)56-53-50-47-44-18-15-12-9-6-3)70-64(67)58-55-52-49-46-43-41-38-26-24-22-20-17-14-11-8-5-2/h20-23,26-28,38,61H,4-19,24-25,29-37,39-60H2,1-3H3/b22-20-,23-21-,28-27-,38-26-. The summed E-state index contributed by atoms with van der Waals surface area (Å²) in [5.41, 5.74) is 0. The smallest absolute Gasteiger partial charge is 0.306 e. The van der Waals surface area contributed by atoms with Crippen LogP contribution in [-0.4, -0.2) is 37.2 Å². The molecule has 0 aliphatic rings. The third-order valence-corrected chi connectivity index (χ3v) is 13.6. The maximum Gasteiger partial charge on any atom is 0.306 e. The van der Waals surface area contributed by atoms with Gasteiger partial charge in [0.15, 0.2) is 6.10 Å². The van der Waals surface area contributed by atoms with Crippen LogP contribution in [0.1, 0.15) is 323 Å².